The van der Waals surface area contributed by atoms with Gasteiger partial charge in [0.25, 0.3) is 0 Å². The summed E-state index contributed by atoms with van der Waals surface area (Å²) in [6.45, 7) is 2.40. The van der Waals surface area contributed by atoms with E-state index in [0.29, 0.717) is 12.8 Å². The quantitative estimate of drug-likeness (QED) is 0.0234. The number of esters is 2. The molecule has 0 amide bonds. The highest BCUT2D eigenvalue weighted by molar-refractivity contribution is 7.47. The van der Waals surface area contributed by atoms with Gasteiger partial charge in [-0.05, 0) is 38.5 Å². The average molecular weight is 861 g/mol. The van der Waals surface area contributed by atoms with E-state index in [0.717, 1.165) is 57.8 Å². The molecule has 350 valence electrons. The highest BCUT2D eigenvalue weighted by Crippen LogP contribution is 2.43. The van der Waals surface area contributed by atoms with E-state index in [4.69, 9.17) is 23.6 Å². The maximum Gasteiger partial charge on any atom is 0.472 e. The number of phosphoric acid groups is 1. The third kappa shape index (κ3) is 44.6. The van der Waals surface area contributed by atoms with Gasteiger partial charge in [0.1, 0.15) is 12.7 Å². The molecule has 0 aliphatic rings. The van der Waals surface area contributed by atoms with Crippen molar-refractivity contribution < 1.29 is 47.8 Å². The molecule has 0 aromatic heterocycles. The van der Waals surface area contributed by atoms with E-state index >= 15 is 0 Å². The van der Waals surface area contributed by atoms with Crippen LogP contribution in [0, 0.1) is 0 Å². The number of unbranched alkanes of at least 4 members (excludes halogenated alkanes) is 31. The number of carbonyl (C=O) groups is 2. The van der Waals surface area contributed by atoms with E-state index in [1.54, 1.807) is 0 Å². The zero-order valence-electron chi connectivity index (χ0n) is 38.2. The molecule has 0 saturated heterocycles. The van der Waals surface area contributed by atoms with Crippen molar-refractivity contribution >= 4 is 19.8 Å². The number of rotatable bonds is 47. The molecule has 0 aliphatic heterocycles. The van der Waals surface area contributed by atoms with Crippen LogP contribution in [-0.4, -0.2) is 65.7 Å². The van der Waals surface area contributed by atoms with Gasteiger partial charge in [0, 0.05) is 12.8 Å². The molecule has 0 radical (unpaired) electrons. The van der Waals surface area contributed by atoms with Crippen molar-refractivity contribution in [1.29, 1.82) is 0 Å². The fraction of sp³-hybridized carbons (Fsp3) is 0.917. The summed E-state index contributed by atoms with van der Waals surface area (Å²) in [5.74, 6) is -0.921. The minimum Gasteiger partial charge on any atom is -0.462 e. The number of hydrogen-bond acceptors (Lipinski definition) is 9. The number of ether oxygens (including phenoxy) is 2. The highest BCUT2D eigenvalue weighted by Gasteiger charge is 2.27. The van der Waals surface area contributed by atoms with Gasteiger partial charge in [-0.25, -0.2) is 4.57 Å². The summed E-state index contributed by atoms with van der Waals surface area (Å²) < 4.78 is 32.8. The summed E-state index contributed by atoms with van der Waals surface area (Å²) in [7, 11) is -4.62. The maximum absolute atomic E-state index is 12.7. The Bertz CT molecular complexity index is 993. The Morgan fingerprint density at radius 3 is 1.24 bits per heavy atom. The number of carbonyl (C=O) groups excluding carboxylic acids is 2. The smallest absolute Gasteiger partial charge is 0.462 e. The Kier molecular flexibility index (Phi) is 43.8. The van der Waals surface area contributed by atoms with Crippen molar-refractivity contribution in [3.8, 4) is 0 Å². The van der Waals surface area contributed by atoms with Crippen LogP contribution in [0.3, 0.4) is 0 Å². The molecule has 1 unspecified atom stereocenters. The summed E-state index contributed by atoms with van der Waals surface area (Å²) in [5.41, 5.74) is 0. The standard InChI is InChI=1S/C48H93O10P/c1-3-5-7-9-11-13-15-17-18-19-20-21-22-23-24-25-26-28-30-32-34-36-38-40-48(52)58-46(44-57-59(53,54)56-42-45(50)41-49)43-55-47(51)39-37-35-33-31-29-27-16-14-12-10-8-6-4-2/h14,16,45-46,49-50H,3-13,15,17-44H2,1-2H3,(H,53,54)/b16-14+/t45-,46+/m0/s1. The molecule has 0 aromatic carbocycles. The second kappa shape index (κ2) is 44.8. The molecule has 0 bridgehead atoms. The molecule has 0 saturated carbocycles. The van der Waals surface area contributed by atoms with E-state index in [9.17, 15) is 24.2 Å². The molecule has 0 aliphatic carbocycles. The van der Waals surface area contributed by atoms with Crippen LogP contribution >= 0.6 is 7.82 Å². The van der Waals surface area contributed by atoms with Crippen LogP contribution in [0.2, 0.25) is 0 Å². The summed E-state index contributed by atoms with van der Waals surface area (Å²) in [5, 5.41) is 18.4. The third-order valence-electron chi connectivity index (χ3n) is 10.9. The normalized spacial score (nSPS) is 13.8. The van der Waals surface area contributed by atoms with E-state index < -0.39 is 51.8 Å². The maximum atomic E-state index is 12.7. The Balaban J connectivity index is 4.12. The number of hydrogen-bond donors (Lipinski definition) is 3. The van der Waals surface area contributed by atoms with Crippen molar-refractivity contribution in [3.63, 3.8) is 0 Å². The first kappa shape index (κ1) is 57.7. The Morgan fingerprint density at radius 2 is 0.831 bits per heavy atom. The highest BCUT2D eigenvalue weighted by atomic mass is 31.2. The van der Waals surface area contributed by atoms with Crippen LogP contribution in [0.15, 0.2) is 12.2 Å². The second-order valence-corrected chi connectivity index (χ2v) is 18.3. The molecule has 0 fully saturated rings. The minimum atomic E-state index is -4.62. The average Bonchev–Trinajstić information content (AvgIpc) is 3.22. The van der Waals surface area contributed by atoms with Gasteiger partial charge in [-0.3, -0.25) is 18.6 Å². The first-order chi connectivity index (χ1) is 28.7. The molecule has 11 heteroatoms. The first-order valence-corrected chi connectivity index (χ1v) is 26.1. The topological polar surface area (TPSA) is 149 Å². The number of phosphoric ester groups is 1. The van der Waals surface area contributed by atoms with Crippen LogP contribution < -0.4 is 0 Å². The number of aliphatic hydroxyl groups excluding tert-OH is 2. The molecule has 59 heavy (non-hydrogen) atoms. The Morgan fingerprint density at radius 1 is 0.492 bits per heavy atom. The van der Waals surface area contributed by atoms with Gasteiger partial charge in [-0.15, -0.1) is 0 Å². The zero-order valence-corrected chi connectivity index (χ0v) is 39.1. The lowest BCUT2D eigenvalue weighted by atomic mass is 10.0. The summed E-state index contributed by atoms with van der Waals surface area (Å²) in [6.07, 6.45) is 44.7. The van der Waals surface area contributed by atoms with Gasteiger partial charge in [0.2, 0.25) is 0 Å². The lowest BCUT2D eigenvalue weighted by Gasteiger charge is -2.20. The van der Waals surface area contributed by atoms with Crippen molar-refractivity contribution in [2.24, 2.45) is 0 Å². The molecule has 3 N–H and O–H groups in total. The molecule has 0 spiro atoms. The summed E-state index contributed by atoms with van der Waals surface area (Å²) in [6, 6.07) is 0. The predicted octanol–water partition coefficient (Wildman–Crippen LogP) is 13.6. The number of allylic oxidation sites excluding steroid dienone is 2. The third-order valence-corrected chi connectivity index (χ3v) is 11.9. The molecular formula is C48H93O10P. The zero-order chi connectivity index (χ0) is 43.3. The van der Waals surface area contributed by atoms with Gasteiger partial charge in [-0.1, -0.05) is 206 Å². The van der Waals surface area contributed by atoms with E-state index in [-0.39, 0.29) is 19.4 Å². The van der Waals surface area contributed by atoms with E-state index in [1.807, 2.05) is 0 Å². The lowest BCUT2D eigenvalue weighted by molar-refractivity contribution is -0.161. The molecule has 0 heterocycles. The van der Waals surface area contributed by atoms with Crippen LogP contribution in [-0.2, 0) is 32.7 Å². The molecule has 10 nitrogen and oxygen atoms in total. The predicted molar refractivity (Wildman–Crippen MR) is 242 cm³/mol. The largest absolute Gasteiger partial charge is 0.472 e. The van der Waals surface area contributed by atoms with Crippen LogP contribution in [0.1, 0.15) is 245 Å². The van der Waals surface area contributed by atoms with E-state index in [2.05, 4.69) is 26.0 Å². The van der Waals surface area contributed by atoms with Crippen LogP contribution in [0.5, 0.6) is 0 Å². The van der Waals surface area contributed by atoms with Gasteiger partial charge in [-0.2, -0.15) is 0 Å². The monoisotopic (exact) mass is 861 g/mol. The van der Waals surface area contributed by atoms with Gasteiger partial charge in [0.05, 0.1) is 19.8 Å². The van der Waals surface area contributed by atoms with Gasteiger partial charge in [0.15, 0.2) is 6.10 Å². The Labute approximate surface area is 362 Å². The molecule has 0 rings (SSSR count). The first-order valence-electron chi connectivity index (χ1n) is 24.6. The van der Waals surface area contributed by atoms with Crippen molar-refractivity contribution in [2.45, 2.75) is 257 Å². The van der Waals surface area contributed by atoms with Crippen LogP contribution in [0.25, 0.3) is 0 Å². The van der Waals surface area contributed by atoms with Gasteiger partial charge >= 0.3 is 19.8 Å². The fourth-order valence-corrected chi connectivity index (χ4v) is 7.90. The molecule has 0 aromatic rings. The van der Waals surface area contributed by atoms with Crippen molar-refractivity contribution in [2.75, 3.05) is 26.4 Å². The molecular weight excluding hydrogens is 767 g/mol. The van der Waals surface area contributed by atoms with Crippen LogP contribution in [0.4, 0.5) is 0 Å². The van der Waals surface area contributed by atoms with Gasteiger partial charge < -0.3 is 24.6 Å². The van der Waals surface area contributed by atoms with Crippen molar-refractivity contribution in [3.05, 3.63) is 12.2 Å². The summed E-state index contributed by atoms with van der Waals surface area (Å²) in [4.78, 5) is 35.1. The molecule has 3 atom stereocenters. The van der Waals surface area contributed by atoms with Crippen molar-refractivity contribution in [1.82, 2.24) is 0 Å². The Hall–Kier alpha value is -1.29. The second-order valence-electron chi connectivity index (χ2n) is 16.8. The summed E-state index contributed by atoms with van der Waals surface area (Å²) >= 11 is 0. The minimum absolute atomic E-state index is 0.189. The SMILES string of the molecule is CCCCCC/C=C/CCCCCCCC(=O)OC[C@H](COP(=O)(O)OC[C@@H](O)CO)OC(=O)CCCCCCCCCCCCCCCCCCCCCCCCC. The lowest BCUT2D eigenvalue weighted by Crippen LogP contribution is -2.29. The number of aliphatic hydroxyl groups is 2. The fourth-order valence-electron chi connectivity index (χ4n) is 7.11. The van der Waals surface area contributed by atoms with E-state index in [1.165, 1.54) is 148 Å².